The van der Waals surface area contributed by atoms with Gasteiger partial charge in [-0.05, 0) is 37.0 Å². The number of aromatic carboxylic acids is 1. The molecule has 0 saturated carbocycles. The summed E-state index contributed by atoms with van der Waals surface area (Å²) in [5.41, 5.74) is 2.12. The van der Waals surface area contributed by atoms with Gasteiger partial charge in [0.15, 0.2) is 0 Å². The van der Waals surface area contributed by atoms with Crippen molar-refractivity contribution >= 4 is 5.97 Å². The minimum absolute atomic E-state index is 0. The maximum absolute atomic E-state index is 11.5. The van der Waals surface area contributed by atoms with Crippen molar-refractivity contribution in [2.75, 3.05) is 0 Å². The number of rotatable bonds is 8. The molecule has 0 amide bonds. The Balaban J connectivity index is 0.00000264. The van der Waals surface area contributed by atoms with Crippen molar-refractivity contribution in [2.24, 2.45) is 0 Å². The lowest BCUT2D eigenvalue weighted by molar-refractivity contribution is -0.696. The number of carboxylic acids is 1. The van der Waals surface area contributed by atoms with E-state index in [0.717, 1.165) is 30.6 Å². The zero-order chi connectivity index (χ0) is 15.9. The number of hydrogen-bond donors (Lipinski definition) is 1. The lowest BCUT2D eigenvalue weighted by Crippen LogP contribution is -3.00. The molecule has 23 heavy (non-hydrogen) atoms. The van der Waals surface area contributed by atoms with Crippen LogP contribution in [0.1, 0.15) is 55.5 Å². The van der Waals surface area contributed by atoms with Crippen LogP contribution in [-0.2, 0) is 13.0 Å². The van der Waals surface area contributed by atoms with Crippen LogP contribution in [0.15, 0.2) is 36.9 Å². The second-order valence-corrected chi connectivity index (χ2v) is 5.63. The van der Waals surface area contributed by atoms with Crippen molar-refractivity contribution in [3.63, 3.8) is 0 Å². The Labute approximate surface area is 148 Å². The minimum Gasteiger partial charge on any atom is -1.00 e. The molecule has 0 unspecified atom stereocenters. The third-order valence-electron chi connectivity index (χ3n) is 3.94. The van der Waals surface area contributed by atoms with E-state index in [1.165, 1.54) is 19.3 Å². The average molecular weight is 381 g/mol. The van der Waals surface area contributed by atoms with Gasteiger partial charge in [-0.1, -0.05) is 32.8 Å². The summed E-state index contributed by atoms with van der Waals surface area (Å²) in [6, 6.07) is 5.65. The number of imidazole rings is 1. The van der Waals surface area contributed by atoms with Gasteiger partial charge in [0.05, 0.1) is 6.54 Å². The Morgan fingerprint density at radius 3 is 2.65 bits per heavy atom. The van der Waals surface area contributed by atoms with Crippen LogP contribution in [0.4, 0.5) is 0 Å². The molecule has 126 valence electrons. The lowest BCUT2D eigenvalue weighted by Gasteiger charge is -2.04. The topological polar surface area (TPSA) is 46.1 Å². The fourth-order valence-corrected chi connectivity index (χ4v) is 2.59. The van der Waals surface area contributed by atoms with E-state index >= 15 is 0 Å². The van der Waals surface area contributed by atoms with Crippen molar-refractivity contribution in [3.05, 3.63) is 48.0 Å². The van der Waals surface area contributed by atoms with Crippen molar-refractivity contribution in [1.29, 1.82) is 0 Å². The number of unbranched alkanes of at least 4 members (excludes halogenated alkanes) is 3. The fraction of sp³-hybridized carbons (Fsp3) is 0.444. The summed E-state index contributed by atoms with van der Waals surface area (Å²) in [6.07, 6.45) is 11.6. The summed E-state index contributed by atoms with van der Waals surface area (Å²) in [6.45, 7) is 5.21. The van der Waals surface area contributed by atoms with E-state index in [4.69, 9.17) is 0 Å². The van der Waals surface area contributed by atoms with Crippen LogP contribution < -0.4 is 21.5 Å². The van der Waals surface area contributed by atoms with E-state index in [2.05, 4.69) is 11.5 Å². The lowest BCUT2D eigenvalue weighted by atomic mass is 10.1. The second-order valence-electron chi connectivity index (χ2n) is 5.63. The van der Waals surface area contributed by atoms with Gasteiger partial charge in [0.25, 0.3) is 0 Å². The Hall–Kier alpha value is -1.62. The van der Waals surface area contributed by atoms with Gasteiger partial charge in [-0.25, -0.2) is 13.9 Å². The quantitative estimate of drug-likeness (QED) is 0.538. The summed E-state index contributed by atoms with van der Waals surface area (Å²) in [5, 5.41) is 9.43. The normalized spacial score (nSPS) is 10.3. The predicted molar refractivity (Wildman–Crippen MR) is 86.4 cm³/mol. The first kappa shape index (κ1) is 19.4. The van der Waals surface area contributed by atoms with Crippen LogP contribution in [0.3, 0.4) is 0 Å². The number of halogens is 1. The molecule has 2 aromatic rings. The van der Waals surface area contributed by atoms with E-state index in [-0.39, 0.29) is 17.0 Å². The molecule has 0 aliphatic heterocycles. The Morgan fingerprint density at radius 1 is 1.22 bits per heavy atom. The molecule has 0 atom stereocenters. The average Bonchev–Trinajstić information content (AvgIpc) is 2.99. The number of aromatic nitrogens is 2. The zero-order valence-corrected chi connectivity index (χ0v) is 15.4. The van der Waals surface area contributed by atoms with Crippen LogP contribution in [0.25, 0.3) is 5.69 Å². The Bertz CT molecular complexity index is 638. The summed E-state index contributed by atoms with van der Waals surface area (Å²) in [4.78, 5) is 11.5. The highest BCUT2D eigenvalue weighted by atomic mass is 79.9. The van der Waals surface area contributed by atoms with Crippen LogP contribution in [0.5, 0.6) is 0 Å². The molecule has 0 aliphatic carbocycles. The highest BCUT2D eigenvalue weighted by Crippen LogP contribution is 2.17. The van der Waals surface area contributed by atoms with E-state index < -0.39 is 5.97 Å². The molecular formula is C18H25BrN2O2. The number of carbonyl (C=O) groups is 1. The van der Waals surface area contributed by atoms with Gasteiger partial charge in [-0.3, -0.25) is 0 Å². The molecule has 0 saturated heterocycles. The molecule has 5 heteroatoms. The van der Waals surface area contributed by atoms with E-state index in [9.17, 15) is 9.90 Å². The Morgan fingerprint density at radius 2 is 2.00 bits per heavy atom. The molecule has 2 rings (SSSR count). The van der Waals surface area contributed by atoms with E-state index in [0.29, 0.717) is 5.56 Å². The molecule has 0 fully saturated rings. The van der Waals surface area contributed by atoms with Gasteiger partial charge < -0.3 is 22.1 Å². The number of carboxylic acid groups (broad SMARTS) is 1. The zero-order valence-electron chi connectivity index (χ0n) is 13.8. The molecule has 0 spiro atoms. The smallest absolute Gasteiger partial charge is 0.340 e. The summed E-state index contributed by atoms with van der Waals surface area (Å²) < 4.78 is 4.01. The van der Waals surface area contributed by atoms with Crippen molar-refractivity contribution in [3.8, 4) is 5.69 Å². The van der Waals surface area contributed by atoms with Crippen molar-refractivity contribution in [2.45, 2.75) is 52.5 Å². The molecule has 4 nitrogen and oxygen atoms in total. The first-order valence-electron chi connectivity index (χ1n) is 8.09. The maximum Gasteiger partial charge on any atom is 0.340 e. The predicted octanol–water partition coefficient (Wildman–Crippen LogP) is 0.610. The van der Waals surface area contributed by atoms with Crippen LogP contribution >= 0.6 is 0 Å². The van der Waals surface area contributed by atoms with Gasteiger partial charge in [0, 0.05) is 0 Å². The highest BCUT2D eigenvalue weighted by Gasteiger charge is 2.17. The number of aryl methyl sites for hydroxylation is 2. The minimum atomic E-state index is -0.881. The summed E-state index contributed by atoms with van der Waals surface area (Å²) >= 11 is 0. The first-order valence-corrected chi connectivity index (χ1v) is 8.09. The molecule has 1 aromatic carbocycles. The number of hydrogen-bond acceptors (Lipinski definition) is 1. The van der Waals surface area contributed by atoms with E-state index in [1.54, 1.807) is 6.07 Å². The second kappa shape index (κ2) is 9.50. The van der Waals surface area contributed by atoms with Crippen LogP contribution in [0, 0.1) is 0 Å². The fourth-order valence-electron chi connectivity index (χ4n) is 2.59. The molecule has 1 N–H and O–H groups in total. The summed E-state index contributed by atoms with van der Waals surface area (Å²) in [7, 11) is 0. The molecular weight excluding hydrogens is 356 g/mol. The first-order chi connectivity index (χ1) is 10.7. The molecule has 0 bridgehead atoms. The van der Waals surface area contributed by atoms with Gasteiger partial charge in [-0.2, -0.15) is 0 Å². The largest absolute Gasteiger partial charge is 1.00 e. The van der Waals surface area contributed by atoms with Crippen LogP contribution in [0.2, 0.25) is 0 Å². The van der Waals surface area contributed by atoms with Gasteiger partial charge in [0.1, 0.15) is 23.6 Å². The molecule has 0 radical (unpaired) electrons. The van der Waals surface area contributed by atoms with Crippen LogP contribution in [-0.4, -0.2) is 15.6 Å². The highest BCUT2D eigenvalue weighted by molar-refractivity contribution is 5.92. The summed E-state index contributed by atoms with van der Waals surface area (Å²) in [5.74, 6) is -0.881. The van der Waals surface area contributed by atoms with Gasteiger partial charge in [-0.15, -0.1) is 0 Å². The molecule has 1 aromatic heterocycles. The van der Waals surface area contributed by atoms with Crippen molar-refractivity contribution in [1.82, 2.24) is 4.57 Å². The molecule has 1 heterocycles. The Kier molecular flexibility index (Phi) is 8.03. The third kappa shape index (κ3) is 5.20. The van der Waals surface area contributed by atoms with E-state index in [1.807, 2.05) is 42.3 Å². The standard InChI is InChI=1S/C18H24N2O2.BrH/c1-3-5-6-7-10-19-11-12-20(14-19)17-9-8-15(4-2)13-16(17)18(21)22;/h8-9,11-14H,3-7,10H2,1-2H3;1H. The van der Waals surface area contributed by atoms with Gasteiger partial charge >= 0.3 is 5.97 Å². The van der Waals surface area contributed by atoms with Crippen molar-refractivity contribution < 1.29 is 31.4 Å². The maximum atomic E-state index is 11.5. The number of nitrogens with zero attached hydrogens (tertiary/aromatic N) is 2. The SMILES string of the molecule is CCCCCC[n+]1ccn(-c2ccc(CC)cc2C(=O)O)c1.[Br-]. The van der Waals surface area contributed by atoms with Gasteiger partial charge in [0.2, 0.25) is 6.33 Å². The third-order valence-corrected chi connectivity index (χ3v) is 3.94. The number of benzene rings is 1. The monoisotopic (exact) mass is 380 g/mol. The molecule has 0 aliphatic rings.